The Labute approximate surface area is 222 Å². The van der Waals surface area contributed by atoms with Crippen molar-refractivity contribution in [2.75, 3.05) is 30.8 Å². The summed E-state index contributed by atoms with van der Waals surface area (Å²) in [6.07, 6.45) is 0.630. The van der Waals surface area contributed by atoms with Crippen LogP contribution < -0.4 is 15.4 Å². The number of amides is 3. The number of hydrogen-bond donors (Lipinski definition) is 2. The zero-order chi connectivity index (χ0) is 28.0. The van der Waals surface area contributed by atoms with Gasteiger partial charge in [-0.3, -0.25) is 4.79 Å². The fraction of sp³-hybridized carbons (Fsp3) is 0.393. The minimum absolute atomic E-state index is 0.168. The molecular weight excluding hydrogens is 492 g/mol. The zero-order valence-electron chi connectivity index (χ0n) is 22.6. The van der Waals surface area contributed by atoms with Gasteiger partial charge in [0.25, 0.3) is 0 Å². The Bertz CT molecular complexity index is 1270. The summed E-state index contributed by atoms with van der Waals surface area (Å²) in [5.41, 5.74) is 1.04. The lowest BCUT2D eigenvalue weighted by molar-refractivity contribution is -0.116. The molecule has 0 atom stereocenters. The van der Waals surface area contributed by atoms with E-state index in [9.17, 15) is 18.4 Å². The second-order valence-electron chi connectivity index (χ2n) is 10.5. The summed E-state index contributed by atoms with van der Waals surface area (Å²) in [5.74, 6) is -0.699. The maximum atomic E-state index is 14.1. The third kappa shape index (κ3) is 7.53. The first-order chi connectivity index (χ1) is 17.9. The van der Waals surface area contributed by atoms with Gasteiger partial charge in [0, 0.05) is 24.1 Å². The molecule has 0 aliphatic heterocycles. The number of aromatic nitrogens is 2. The zero-order valence-corrected chi connectivity index (χ0v) is 22.6. The van der Waals surface area contributed by atoms with Crippen molar-refractivity contribution in [3.05, 3.63) is 65.9 Å². The molecule has 0 saturated heterocycles. The van der Waals surface area contributed by atoms with Crippen LogP contribution in [0.4, 0.5) is 25.1 Å². The van der Waals surface area contributed by atoms with Gasteiger partial charge >= 0.3 is 6.03 Å². The van der Waals surface area contributed by atoms with Crippen molar-refractivity contribution in [2.45, 2.75) is 46.5 Å². The highest BCUT2D eigenvalue weighted by Gasteiger charge is 2.24. The van der Waals surface area contributed by atoms with Gasteiger partial charge in [-0.1, -0.05) is 34.6 Å². The number of rotatable bonds is 9. The van der Waals surface area contributed by atoms with Crippen LogP contribution in [-0.4, -0.2) is 46.8 Å². The van der Waals surface area contributed by atoms with Crippen LogP contribution in [0.2, 0.25) is 0 Å². The number of hydrogen-bond acceptors (Lipinski definition) is 4. The Morgan fingerprint density at radius 1 is 1.05 bits per heavy atom. The molecule has 0 aliphatic rings. The van der Waals surface area contributed by atoms with Crippen molar-refractivity contribution in [1.29, 1.82) is 0 Å². The largest absolute Gasteiger partial charge is 0.497 e. The quantitative estimate of drug-likeness (QED) is 0.359. The number of carbonyl (C=O) groups is 2. The summed E-state index contributed by atoms with van der Waals surface area (Å²) in [6, 6.07) is 11.3. The van der Waals surface area contributed by atoms with E-state index in [1.807, 2.05) is 46.8 Å². The van der Waals surface area contributed by atoms with Crippen LogP contribution in [0.1, 0.15) is 46.7 Å². The van der Waals surface area contributed by atoms with Gasteiger partial charge in [-0.15, -0.1) is 0 Å². The standard InChI is InChI=1S/C28H35F2N5O3/c1-18(2)13-14-34(27(37)31-23-12-7-19(29)15-22(23)30)17-26(36)32-25-16-24(28(3,4)5)33-35(25)20-8-10-21(38-6)11-9-20/h7-12,15-16,18H,13-14,17H2,1-6H3,(H,31,37)(H,32,36). The van der Waals surface area contributed by atoms with Crippen LogP contribution >= 0.6 is 0 Å². The van der Waals surface area contributed by atoms with E-state index in [0.29, 0.717) is 24.1 Å². The number of methoxy groups -OCH3 is 1. The third-order valence-corrected chi connectivity index (χ3v) is 5.83. The first-order valence-electron chi connectivity index (χ1n) is 12.4. The Hall–Kier alpha value is -3.95. The highest BCUT2D eigenvalue weighted by Crippen LogP contribution is 2.27. The number of halogens is 2. The predicted octanol–water partition coefficient (Wildman–Crippen LogP) is 5.98. The van der Waals surface area contributed by atoms with Gasteiger partial charge in [0.1, 0.15) is 29.7 Å². The van der Waals surface area contributed by atoms with Crippen molar-refractivity contribution in [3.63, 3.8) is 0 Å². The van der Waals surface area contributed by atoms with Crippen LogP contribution in [0.25, 0.3) is 5.69 Å². The summed E-state index contributed by atoms with van der Waals surface area (Å²) in [7, 11) is 1.58. The van der Waals surface area contributed by atoms with E-state index >= 15 is 0 Å². The monoisotopic (exact) mass is 527 g/mol. The van der Waals surface area contributed by atoms with Crippen LogP contribution in [0.15, 0.2) is 48.5 Å². The fourth-order valence-electron chi connectivity index (χ4n) is 3.56. The molecule has 0 fully saturated rings. The molecule has 3 aromatic rings. The molecular formula is C28H35F2N5O3. The molecule has 0 radical (unpaired) electrons. The highest BCUT2D eigenvalue weighted by atomic mass is 19.1. The van der Waals surface area contributed by atoms with E-state index in [1.165, 1.54) is 4.90 Å². The summed E-state index contributed by atoms with van der Waals surface area (Å²) in [4.78, 5) is 27.4. The number of carbonyl (C=O) groups excluding carboxylic acids is 2. The highest BCUT2D eigenvalue weighted by molar-refractivity contribution is 5.96. The lowest BCUT2D eigenvalue weighted by atomic mass is 9.92. The van der Waals surface area contributed by atoms with E-state index in [0.717, 1.165) is 23.5 Å². The molecule has 3 rings (SSSR count). The van der Waals surface area contributed by atoms with E-state index in [1.54, 1.807) is 30.0 Å². The van der Waals surface area contributed by atoms with Crippen LogP contribution in [0.5, 0.6) is 5.75 Å². The Balaban J connectivity index is 1.83. The first kappa shape index (κ1) is 28.6. The first-order valence-corrected chi connectivity index (χ1v) is 12.4. The summed E-state index contributed by atoms with van der Waals surface area (Å²) in [5, 5.41) is 10.0. The molecule has 8 nitrogen and oxygen atoms in total. The van der Waals surface area contributed by atoms with Crippen LogP contribution in [0.3, 0.4) is 0 Å². The minimum Gasteiger partial charge on any atom is -0.497 e. The molecule has 10 heteroatoms. The molecule has 0 spiro atoms. The maximum Gasteiger partial charge on any atom is 0.322 e. The van der Waals surface area contributed by atoms with Crippen LogP contribution in [0, 0.1) is 17.6 Å². The average molecular weight is 528 g/mol. The molecule has 38 heavy (non-hydrogen) atoms. The molecule has 2 N–H and O–H groups in total. The lowest BCUT2D eigenvalue weighted by Gasteiger charge is -2.23. The van der Waals surface area contributed by atoms with Gasteiger partial charge in [0.15, 0.2) is 0 Å². The molecule has 1 aromatic heterocycles. The number of nitrogens with zero attached hydrogens (tertiary/aromatic N) is 3. The van der Waals surface area contributed by atoms with Gasteiger partial charge in [0.2, 0.25) is 5.91 Å². The molecule has 0 saturated carbocycles. The molecule has 2 aromatic carbocycles. The van der Waals surface area contributed by atoms with Crippen molar-refractivity contribution in [3.8, 4) is 11.4 Å². The Morgan fingerprint density at radius 2 is 1.74 bits per heavy atom. The maximum absolute atomic E-state index is 14.1. The number of ether oxygens (including phenoxy) is 1. The number of benzene rings is 2. The van der Waals surface area contributed by atoms with Crippen molar-refractivity contribution in [2.24, 2.45) is 5.92 Å². The normalized spacial score (nSPS) is 11.4. The lowest BCUT2D eigenvalue weighted by Crippen LogP contribution is -2.41. The smallest absolute Gasteiger partial charge is 0.322 e. The molecule has 204 valence electrons. The Kier molecular flexibility index (Phi) is 9.08. The SMILES string of the molecule is COc1ccc(-n2nc(C(C)(C)C)cc2NC(=O)CN(CCC(C)C)C(=O)Nc2ccc(F)cc2F)cc1. The van der Waals surface area contributed by atoms with Crippen LogP contribution in [-0.2, 0) is 10.2 Å². The average Bonchev–Trinajstić information content (AvgIpc) is 3.27. The third-order valence-electron chi connectivity index (χ3n) is 5.83. The number of anilines is 2. The van der Waals surface area contributed by atoms with E-state index in [4.69, 9.17) is 9.84 Å². The summed E-state index contributed by atoms with van der Waals surface area (Å²) >= 11 is 0. The molecule has 0 aliphatic carbocycles. The van der Waals surface area contributed by atoms with Crippen molar-refractivity contribution >= 4 is 23.4 Å². The number of urea groups is 1. The Morgan fingerprint density at radius 3 is 2.32 bits per heavy atom. The molecule has 0 bridgehead atoms. The van der Waals surface area contributed by atoms with Crippen molar-refractivity contribution in [1.82, 2.24) is 14.7 Å². The molecule has 0 unspecified atom stereocenters. The van der Waals surface area contributed by atoms with E-state index in [-0.39, 0.29) is 30.1 Å². The van der Waals surface area contributed by atoms with Crippen molar-refractivity contribution < 1.29 is 23.1 Å². The van der Waals surface area contributed by atoms with Gasteiger partial charge in [-0.05, 0) is 48.7 Å². The summed E-state index contributed by atoms with van der Waals surface area (Å²) in [6.45, 7) is 10.0. The van der Waals surface area contributed by atoms with E-state index in [2.05, 4.69) is 10.6 Å². The summed E-state index contributed by atoms with van der Waals surface area (Å²) < 4.78 is 34.3. The molecule has 3 amide bonds. The minimum atomic E-state index is -0.898. The second kappa shape index (κ2) is 12.1. The van der Waals surface area contributed by atoms with Gasteiger partial charge in [0.05, 0.1) is 24.2 Å². The second-order valence-corrected chi connectivity index (χ2v) is 10.5. The molecule has 1 heterocycles. The van der Waals surface area contributed by atoms with Gasteiger partial charge in [-0.25, -0.2) is 18.3 Å². The van der Waals surface area contributed by atoms with Gasteiger partial charge < -0.3 is 20.3 Å². The topological polar surface area (TPSA) is 88.5 Å². The number of nitrogens with one attached hydrogen (secondary N) is 2. The van der Waals surface area contributed by atoms with E-state index < -0.39 is 23.6 Å². The fourth-order valence-corrected chi connectivity index (χ4v) is 3.56. The predicted molar refractivity (Wildman–Crippen MR) is 144 cm³/mol. The van der Waals surface area contributed by atoms with Gasteiger partial charge in [-0.2, -0.15) is 5.10 Å².